The van der Waals surface area contributed by atoms with Crippen LogP contribution in [0.2, 0.25) is 0 Å². The van der Waals surface area contributed by atoms with E-state index in [4.69, 9.17) is 0 Å². The Balaban J connectivity index is 0.00000162. The molecule has 1 N–H and O–H groups in total. The van der Waals surface area contributed by atoms with Crippen molar-refractivity contribution in [2.45, 2.75) is 12.5 Å². The van der Waals surface area contributed by atoms with Crippen LogP contribution in [-0.4, -0.2) is 37.0 Å². The second kappa shape index (κ2) is 6.11. The first-order valence-corrected chi connectivity index (χ1v) is 5.52. The Labute approximate surface area is 111 Å². The summed E-state index contributed by atoms with van der Waals surface area (Å²) >= 11 is 0. The van der Waals surface area contributed by atoms with Gasteiger partial charge >= 0.3 is 0 Å². The van der Waals surface area contributed by atoms with Gasteiger partial charge in [0.15, 0.2) is 0 Å². The summed E-state index contributed by atoms with van der Waals surface area (Å²) in [6.45, 7) is 1.53. The summed E-state index contributed by atoms with van der Waals surface area (Å²) in [6, 6.07) is 2.97. The number of carbonyl (C=O) groups excluding carboxylic acids is 1. The van der Waals surface area contributed by atoms with Gasteiger partial charge in [0.05, 0.1) is 5.56 Å². The molecule has 2 rings (SSSR count). The van der Waals surface area contributed by atoms with Gasteiger partial charge in [-0.05, 0) is 31.2 Å². The van der Waals surface area contributed by atoms with Crippen molar-refractivity contribution in [1.82, 2.24) is 10.2 Å². The second-order valence-corrected chi connectivity index (χ2v) is 4.19. The number of carbonyl (C=O) groups is 1. The molecule has 1 saturated heterocycles. The number of benzene rings is 1. The van der Waals surface area contributed by atoms with E-state index in [1.54, 1.807) is 7.05 Å². The molecule has 3 nitrogen and oxygen atoms in total. The normalized spacial score (nSPS) is 18.3. The van der Waals surface area contributed by atoms with Crippen molar-refractivity contribution in [3.8, 4) is 0 Å². The summed E-state index contributed by atoms with van der Waals surface area (Å²) in [5, 5.41) is 3.12. The Morgan fingerprint density at radius 2 is 2.17 bits per heavy atom. The third kappa shape index (κ3) is 2.97. The maximum Gasteiger partial charge on any atom is 0.256 e. The molecule has 0 spiro atoms. The Morgan fingerprint density at radius 3 is 2.78 bits per heavy atom. The van der Waals surface area contributed by atoms with Gasteiger partial charge in [0.2, 0.25) is 0 Å². The predicted molar refractivity (Wildman–Crippen MR) is 67.0 cm³/mol. The molecule has 1 fully saturated rings. The number of nitrogens with zero attached hydrogens (tertiary/aromatic N) is 1. The molecule has 1 amide bonds. The summed E-state index contributed by atoms with van der Waals surface area (Å²) in [6.07, 6.45) is 0.833. The van der Waals surface area contributed by atoms with E-state index in [2.05, 4.69) is 5.32 Å². The molecule has 1 heterocycles. The smallest absolute Gasteiger partial charge is 0.256 e. The van der Waals surface area contributed by atoms with Crippen molar-refractivity contribution < 1.29 is 13.6 Å². The highest BCUT2D eigenvalue weighted by atomic mass is 35.5. The standard InChI is InChI=1S/C12H14F2N2O.ClH/c1-16(9-4-5-15-7-9)12(17)10-6-8(13)2-3-11(10)14;/h2-3,6,9,15H,4-5,7H2,1H3;1H/t9-;/m0./s1. The van der Waals surface area contributed by atoms with E-state index in [9.17, 15) is 13.6 Å². The molecule has 0 unspecified atom stereocenters. The molecule has 0 aromatic heterocycles. The number of likely N-dealkylation sites (N-methyl/N-ethyl adjacent to an activating group) is 1. The van der Waals surface area contributed by atoms with E-state index in [1.165, 1.54) is 4.90 Å². The minimum atomic E-state index is -0.686. The highest BCUT2D eigenvalue weighted by Gasteiger charge is 2.25. The predicted octanol–water partition coefficient (Wildman–Crippen LogP) is 1.82. The molecule has 1 aliphatic rings. The lowest BCUT2D eigenvalue weighted by atomic mass is 10.1. The SMILES string of the molecule is CN(C(=O)c1cc(F)ccc1F)[C@H]1CCNC1.Cl. The highest BCUT2D eigenvalue weighted by Crippen LogP contribution is 2.15. The van der Waals surface area contributed by atoms with Crippen molar-refractivity contribution in [3.63, 3.8) is 0 Å². The maximum absolute atomic E-state index is 13.4. The average molecular weight is 277 g/mol. The van der Waals surface area contributed by atoms with Crippen LogP contribution in [0.1, 0.15) is 16.8 Å². The fraction of sp³-hybridized carbons (Fsp3) is 0.417. The number of hydrogen-bond donors (Lipinski definition) is 1. The lowest BCUT2D eigenvalue weighted by molar-refractivity contribution is 0.0738. The van der Waals surface area contributed by atoms with E-state index in [0.717, 1.165) is 31.2 Å². The van der Waals surface area contributed by atoms with Gasteiger partial charge in [-0.1, -0.05) is 0 Å². The zero-order valence-electron chi connectivity index (χ0n) is 9.95. The number of hydrogen-bond acceptors (Lipinski definition) is 2. The van der Waals surface area contributed by atoms with E-state index >= 15 is 0 Å². The zero-order valence-corrected chi connectivity index (χ0v) is 10.8. The molecule has 0 saturated carbocycles. The van der Waals surface area contributed by atoms with Crippen LogP contribution in [0.25, 0.3) is 0 Å². The van der Waals surface area contributed by atoms with Crippen LogP contribution < -0.4 is 5.32 Å². The lowest BCUT2D eigenvalue weighted by Crippen LogP contribution is -2.38. The molecule has 1 aliphatic heterocycles. The van der Waals surface area contributed by atoms with Crippen LogP contribution in [-0.2, 0) is 0 Å². The minimum absolute atomic E-state index is 0. The third-order valence-corrected chi connectivity index (χ3v) is 3.06. The first-order chi connectivity index (χ1) is 8.09. The maximum atomic E-state index is 13.4. The van der Waals surface area contributed by atoms with Crippen molar-refractivity contribution in [2.75, 3.05) is 20.1 Å². The molecular formula is C12H15ClF2N2O. The van der Waals surface area contributed by atoms with Crippen molar-refractivity contribution in [1.29, 1.82) is 0 Å². The van der Waals surface area contributed by atoms with Gasteiger partial charge in [-0.15, -0.1) is 12.4 Å². The topological polar surface area (TPSA) is 32.3 Å². The molecule has 0 bridgehead atoms. The fourth-order valence-electron chi connectivity index (χ4n) is 1.99. The molecule has 1 atom stereocenters. The van der Waals surface area contributed by atoms with Crippen molar-refractivity contribution >= 4 is 18.3 Å². The monoisotopic (exact) mass is 276 g/mol. The lowest BCUT2D eigenvalue weighted by Gasteiger charge is -2.23. The molecule has 0 radical (unpaired) electrons. The third-order valence-electron chi connectivity index (χ3n) is 3.06. The first kappa shape index (κ1) is 14.9. The highest BCUT2D eigenvalue weighted by molar-refractivity contribution is 5.94. The van der Waals surface area contributed by atoms with Crippen LogP contribution in [0.5, 0.6) is 0 Å². The molecule has 18 heavy (non-hydrogen) atoms. The number of rotatable bonds is 2. The number of halogens is 3. The Morgan fingerprint density at radius 1 is 1.44 bits per heavy atom. The Bertz CT molecular complexity index is 436. The quantitative estimate of drug-likeness (QED) is 0.894. The van der Waals surface area contributed by atoms with Crippen LogP contribution in [0, 0.1) is 11.6 Å². The molecule has 100 valence electrons. The van der Waals surface area contributed by atoms with E-state index in [1.807, 2.05) is 0 Å². The number of amides is 1. The van der Waals surface area contributed by atoms with Gasteiger partial charge in [-0.3, -0.25) is 4.79 Å². The van der Waals surface area contributed by atoms with Gasteiger partial charge in [0.25, 0.3) is 5.91 Å². The van der Waals surface area contributed by atoms with E-state index < -0.39 is 17.5 Å². The number of nitrogens with one attached hydrogen (secondary N) is 1. The van der Waals surface area contributed by atoms with Gasteiger partial charge in [-0.25, -0.2) is 8.78 Å². The van der Waals surface area contributed by atoms with Gasteiger partial charge < -0.3 is 10.2 Å². The Kier molecular flexibility index (Phi) is 5.04. The average Bonchev–Trinajstić information content (AvgIpc) is 2.84. The summed E-state index contributed by atoms with van der Waals surface area (Å²) in [7, 11) is 1.62. The molecular weight excluding hydrogens is 262 g/mol. The van der Waals surface area contributed by atoms with Crippen LogP contribution in [0.3, 0.4) is 0 Å². The summed E-state index contributed by atoms with van der Waals surface area (Å²) < 4.78 is 26.4. The van der Waals surface area contributed by atoms with Crippen LogP contribution >= 0.6 is 12.4 Å². The fourth-order valence-corrected chi connectivity index (χ4v) is 1.99. The molecule has 6 heteroatoms. The van der Waals surface area contributed by atoms with Gasteiger partial charge in [0, 0.05) is 19.6 Å². The van der Waals surface area contributed by atoms with Gasteiger partial charge in [-0.2, -0.15) is 0 Å². The largest absolute Gasteiger partial charge is 0.337 e. The summed E-state index contributed by atoms with van der Waals surface area (Å²) in [5.41, 5.74) is -0.209. The van der Waals surface area contributed by atoms with Gasteiger partial charge in [0.1, 0.15) is 11.6 Å². The van der Waals surface area contributed by atoms with E-state index in [-0.39, 0.29) is 24.0 Å². The second-order valence-electron chi connectivity index (χ2n) is 4.19. The zero-order chi connectivity index (χ0) is 12.4. The van der Waals surface area contributed by atoms with Crippen LogP contribution in [0.4, 0.5) is 8.78 Å². The molecule has 1 aromatic carbocycles. The van der Waals surface area contributed by atoms with Crippen LogP contribution in [0.15, 0.2) is 18.2 Å². The minimum Gasteiger partial charge on any atom is -0.337 e. The van der Waals surface area contributed by atoms with Crippen molar-refractivity contribution in [2.24, 2.45) is 0 Å². The molecule has 1 aromatic rings. The first-order valence-electron chi connectivity index (χ1n) is 5.52. The van der Waals surface area contributed by atoms with E-state index in [0.29, 0.717) is 6.54 Å². The summed E-state index contributed by atoms with van der Waals surface area (Å²) in [4.78, 5) is 13.5. The molecule has 0 aliphatic carbocycles. The van der Waals surface area contributed by atoms with Crippen molar-refractivity contribution in [3.05, 3.63) is 35.4 Å². The summed E-state index contributed by atoms with van der Waals surface area (Å²) in [5.74, 6) is -1.77. The Hall–Kier alpha value is -1.20.